The highest BCUT2D eigenvalue weighted by Crippen LogP contribution is 2.38. The van der Waals surface area contributed by atoms with Gasteiger partial charge in [-0.2, -0.15) is 0 Å². The lowest BCUT2D eigenvalue weighted by Crippen LogP contribution is -2.50. The molecule has 110 valence electrons. The van der Waals surface area contributed by atoms with Gasteiger partial charge in [0.05, 0.1) is 6.61 Å². The van der Waals surface area contributed by atoms with Crippen molar-refractivity contribution in [1.82, 2.24) is 4.90 Å². The Morgan fingerprint density at radius 2 is 2.05 bits per heavy atom. The number of rotatable bonds is 3. The summed E-state index contributed by atoms with van der Waals surface area (Å²) in [6.07, 6.45) is -0.0388. The maximum atomic E-state index is 12.5. The number of hydrogen-bond acceptors (Lipinski definition) is 5. The molecule has 2 atom stereocenters. The van der Waals surface area contributed by atoms with Gasteiger partial charge in [0, 0.05) is 11.4 Å². The first-order chi connectivity index (χ1) is 9.57. The van der Waals surface area contributed by atoms with Crippen molar-refractivity contribution in [2.75, 3.05) is 26.7 Å². The SMILES string of the molecule is CN1CC[C@@H](O)C(=O)[C@](CO)(Sc2ccccc2)CC1. The second-order valence-corrected chi connectivity index (χ2v) is 6.75. The highest BCUT2D eigenvalue weighted by Gasteiger charge is 2.43. The highest BCUT2D eigenvalue weighted by molar-refractivity contribution is 8.01. The van der Waals surface area contributed by atoms with Gasteiger partial charge in [0.25, 0.3) is 0 Å². The summed E-state index contributed by atoms with van der Waals surface area (Å²) >= 11 is 1.36. The van der Waals surface area contributed by atoms with Crippen molar-refractivity contribution >= 4 is 17.5 Å². The van der Waals surface area contributed by atoms with Crippen LogP contribution in [0.2, 0.25) is 0 Å². The van der Waals surface area contributed by atoms with Gasteiger partial charge in [-0.05, 0) is 38.6 Å². The lowest BCUT2D eigenvalue weighted by molar-refractivity contribution is -0.132. The fraction of sp³-hybridized carbons (Fsp3) is 0.533. The van der Waals surface area contributed by atoms with E-state index in [1.165, 1.54) is 11.8 Å². The molecule has 1 aromatic rings. The number of likely N-dealkylation sites (tertiary alicyclic amines) is 1. The summed E-state index contributed by atoms with van der Waals surface area (Å²) in [6, 6.07) is 9.57. The Morgan fingerprint density at radius 3 is 2.70 bits per heavy atom. The zero-order valence-corrected chi connectivity index (χ0v) is 12.5. The Bertz CT molecular complexity index is 454. The molecule has 20 heavy (non-hydrogen) atoms. The number of aliphatic hydroxyl groups is 2. The summed E-state index contributed by atoms with van der Waals surface area (Å²) in [6.45, 7) is 1.18. The van der Waals surface area contributed by atoms with Crippen LogP contribution in [0.3, 0.4) is 0 Å². The van der Waals surface area contributed by atoms with Crippen LogP contribution in [0.4, 0.5) is 0 Å². The summed E-state index contributed by atoms with van der Waals surface area (Å²) in [5.41, 5.74) is 0. The van der Waals surface area contributed by atoms with Crippen LogP contribution < -0.4 is 0 Å². The first kappa shape index (κ1) is 15.5. The normalized spacial score (nSPS) is 28.9. The van der Waals surface area contributed by atoms with Crippen molar-refractivity contribution < 1.29 is 15.0 Å². The van der Waals surface area contributed by atoms with E-state index < -0.39 is 10.9 Å². The molecule has 4 nitrogen and oxygen atoms in total. The third-order valence-corrected chi connectivity index (χ3v) is 5.18. The van der Waals surface area contributed by atoms with Crippen molar-refractivity contribution in [3.8, 4) is 0 Å². The molecule has 0 radical (unpaired) electrons. The van der Waals surface area contributed by atoms with Crippen LogP contribution in [0, 0.1) is 0 Å². The Labute approximate surface area is 123 Å². The van der Waals surface area contributed by atoms with Gasteiger partial charge >= 0.3 is 0 Å². The lowest BCUT2D eigenvalue weighted by Gasteiger charge is -2.35. The average Bonchev–Trinajstić information content (AvgIpc) is 2.48. The largest absolute Gasteiger partial charge is 0.394 e. The molecule has 5 heteroatoms. The van der Waals surface area contributed by atoms with Crippen molar-refractivity contribution in [2.24, 2.45) is 0 Å². The van der Waals surface area contributed by atoms with Crippen LogP contribution in [0.15, 0.2) is 35.2 Å². The summed E-state index contributed by atoms with van der Waals surface area (Å²) in [7, 11) is 1.97. The Balaban J connectivity index is 2.26. The molecule has 0 saturated carbocycles. The number of hydrogen-bond donors (Lipinski definition) is 2. The van der Waals surface area contributed by atoms with Crippen LogP contribution in [-0.2, 0) is 4.79 Å². The van der Waals surface area contributed by atoms with Crippen molar-refractivity contribution in [2.45, 2.75) is 28.6 Å². The van der Waals surface area contributed by atoms with Gasteiger partial charge < -0.3 is 15.1 Å². The van der Waals surface area contributed by atoms with Crippen LogP contribution in [0.5, 0.6) is 0 Å². The average molecular weight is 295 g/mol. The van der Waals surface area contributed by atoms with Crippen LogP contribution >= 0.6 is 11.8 Å². The molecule has 1 aliphatic rings. The Hall–Kier alpha value is -0.880. The van der Waals surface area contributed by atoms with E-state index in [4.69, 9.17) is 0 Å². The van der Waals surface area contributed by atoms with Gasteiger partial charge in [-0.1, -0.05) is 18.2 Å². The van der Waals surface area contributed by atoms with Gasteiger partial charge in [0.1, 0.15) is 10.9 Å². The lowest BCUT2D eigenvalue weighted by atomic mass is 9.92. The molecule has 1 heterocycles. The number of Topliss-reactive ketones (excluding diaryl/α,β-unsaturated/α-hetero) is 1. The second kappa shape index (κ2) is 6.72. The molecular formula is C15H21NO3S. The van der Waals surface area contributed by atoms with E-state index in [1.54, 1.807) is 0 Å². The smallest absolute Gasteiger partial charge is 0.180 e. The molecule has 2 N–H and O–H groups in total. The zero-order valence-electron chi connectivity index (χ0n) is 11.7. The zero-order chi connectivity index (χ0) is 14.6. The van der Waals surface area contributed by atoms with Crippen molar-refractivity contribution in [3.05, 3.63) is 30.3 Å². The molecule has 1 aromatic carbocycles. The van der Waals surface area contributed by atoms with E-state index in [2.05, 4.69) is 4.90 Å². The second-order valence-electron chi connectivity index (χ2n) is 5.29. The van der Waals surface area contributed by atoms with Crippen LogP contribution in [-0.4, -0.2) is 58.5 Å². The van der Waals surface area contributed by atoms with E-state index in [1.807, 2.05) is 37.4 Å². The van der Waals surface area contributed by atoms with E-state index >= 15 is 0 Å². The maximum absolute atomic E-state index is 12.5. The van der Waals surface area contributed by atoms with Crippen molar-refractivity contribution in [3.63, 3.8) is 0 Å². The molecule has 1 aliphatic heterocycles. The topological polar surface area (TPSA) is 60.8 Å². The highest BCUT2D eigenvalue weighted by atomic mass is 32.2. The van der Waals surface area contributed by atoms with E-state index in [9.17, 15) is 15.0 Å². The summed E-state index contributed by atoms with van der Waals surface area (Å²) in [5.74, 6) is -0.248. The summed E-state index contributed by atoms with van der Waals surface area (Å²) < 4.78 is -0.949. The number of benzene rings is 1. The van der Waals surface area contributed by atoms with Gasteiger partial charge in [0.2, 0.25) is 0 Å². The molecule has 0 unspecified atom stereocenters. The Morgan fingerprint density at radius 1 is 1.35 bits per heavy atom. The molecule has 2 rings (SSSR count). The number of nitrogens with zero attached hydrogens (tertiary/aromatic N) is 1. The summed E-state index contributed by atoms with van der Waals surface area (Å²) in [5, 5.41) is 19.9. The first-order valence-corrected chi connectivity index (χ1v) is 7.65. The number of ketones is 1. The third-order valence-electron chi connectivity index (χ3n) is 3.75. The third kappa shape index (κ3) is 3.41. The maximum Gasteiger partial charge on any atom is 0.180 e. The molecular weight excluding hydrogens is 274 g/mol. The minimum atomic E-state index is -0.999. The number of aliphatic hydroxyl groups excluding tert-OH is 2. The molecule has 0 bridgehead atoms. The van der Waals surface area contributed by atoms with Crippen molar-refractivity contribution in [1.29, 1.82) is 0 Å². The van der Waals surface area contributed by atoms with Gasteiger partial charge in [0.15, 0.2) is 5.78 Å². The van der Waals surface area contributed by atoms with Crippen LogP contribution in [0.1, 0.15) is 12.8 Å². The fourth-order valence-electron chi connectivity index (χ4n) is 2.39. The number of thioether (sulfide) groups is 1. The minimum absolute atomic E-state index is 0.248. The molecule has 1 fully saturated rings. The van der Waals surface area contributed by atoms with Crippen LogP contribution in [0.25, 0.3) is 0 Å². The Kier molecular flexibility index (Phi) is 5.21. The molecule has 0 spiro atoms. The quantitative estimate of drug-likeness (QED) is 0.876. The molecule has 0 amide bonds. The standard InChI is InChI=1S/C15H21NO3S/c1-16-9-7-13(18)14(19)15(11-17,8-10-16)20-12-5-3-2-4-6-12/h2-6,13,17-18H,7-11H2,1H3/t13-,15+/m1/s1. The number of carbonyl (C=O) groups excluding carboxylic acids is 1. The first-order valence-electron chi connectivity index (χ1n) is 6.83. The predicted octanol–water partition coefficient (Wildman–Crippen LogP) is 1.17. The summed E-state index contributed by atoms with van der Waals surface area (Å²) in [4.78, 5) is 15.5. The van der Waals surface area contributed by atoms with Gasteiger partial charge in [-0.15, -0.1) is 11.8 Å². The van der Waals surface area contributed by atoms with E-state index in [0.29, 0.717) is 19.4 Å². The van der Waals surface area contributed by atoms with Gasteiger partial charge in [-0.3, -0.25) is 4.79 Å². The molecule has 1 saturated heterocycles. The fourth-order valence-corrected chi connectivity index (χ4v) is 3.63. The minimum Gasteiger partial charge on any atom is -0.394 e. The van der Waals surface area contributed by atoms with E-state index in [-0.39, 0.29) is 12.4 Å². The molecule has 0 aromatic heterocycles. The van der Waals surface area contributed by atoms with Gasteiger partial charge in [-0.25, -0.2) is 0 Å². The van der Waals surface area contributed by atoms with E-state index in [0.717, 1.165) is 11.4 Å². The predicted molar refractivity (Wildman–Crippen MR) is 79.9 cm³/mol. The molecule has 0 aliphatic carbocycles. The number of carbonyl (C=O) groups is 1. The monoisotopic (exact) mass is 295 g/mol.